The Balaban J connectivity index is 1.66. The van der Waals surface area contributed by atoms with E-state index in [-0.39, 0.29) is 18.4 Å². The lowest BCUT2D eigenvalue weighted by Gasteiger charge is -2.38. The number of anilines is 1. The summed E-state index contributed by atoms with van der Waals surface area (Å²) in [5, 5.41) is 8.85. The van der Waals surface area contributed by atoms with Gasteiger partial charge in [0.1, 0.15) is 11.9 Å². The van der Waals surface area contributed by atoms with Crippen LogP contribution in [0.2, 0.25) is 0 Å². The summed E-state index contributed by atoms with van der Waals surface area (Å²) < 4.78 is 11.6. The van der Waals surface area contributed by atoms with Gasteiger partial charge in [0.05, 0.1) is 12.3 Å². The maximum atomic E-state index is 13.4. The van der Waals surface area contributed by atoms with Gasteiger partial charge in [-0.1, -0.05) is 18.2 Å². The van der Waals surface area contributed by atoms with Gasteiger partial charge in [0, 0.05) is 31.9 Å². The van der Waals surface area contributed by atoms with E-state index < -0.39 is 11.6 Å². The molecule has 7 heteroatoms. The number of benzene rings is 2. The van der Waals surface area contributed by atoms with Crippen molar-refractivity contribution in [2.45, 2.75) is 38.3 Å². The summed E-state index contributed by atoms with van der Waals surface area (Å²) in [4.78, 5) is 31.7. The first kappa shape index (κ1) is 20.1. The maximum absolute atomic E-state index is 13.4. The van der Waals surface area contributed by atoms with Crippen molar-refractivity contribution < 1.29 is 24.2 Å². The number of carbonyl (C=O) groups is 2. The second-order valence-electron chi connectivity index (χ2n) is 7.52. The molecular weight excluding hydrogens is 384 g/mol. The highest BCUT2D eigenvalue weighted by Gasteiger charge is 2.55. The first-order valence-electron chi connectivity index (χ1n) is 10.00. The van der Waals surface area contributed by atoms with Crippen molar-refractivity contribution in [1.82, 2.24) is 0 Å². The highest BCUT2D eigenvalue weighted by Crippen LogP contribution is 2.41. The molecule has 0 fully saturated rings. The van der Waals surface area contributed by atoms with Gasteiger partial charge in [0.2, 0.25) is 11.8 Å². The van der Waals surface area contributed by atoms with Crippen LogP contribution in [0.5, 0.6) is 5.75 Å². The topological polar surface area (TPSA) is 88.4 Å². The standard InChI is InChI=1S/C23H24N2O5/c1-15-23(14-18-6-3-4-7-20(18)25(16(2)27)22(23)28)24-21(30-15)17-8-10-19(11-9-17)29-13-5-12-26/h3-4,6-11,15,26H,5,12-14H2,1-2H3/t15-,23-/m0/s1. The van der Waals surface area contributed by atoms with E-state index in [0.717, 1.165) is 11.1 Å². The summed E-state index contributed by atoms with van der Waals surface area (Å²) in [6.07, 6.45) is 0.419. The van der Waals surface area contributed by atoms with Gasteiger partial charge < -0.3 is 14.6 Å². The average molecular weight is 408 g/mol. The van der Waals surface area contributed by atoms with E-state index in [1.807, 2.05) is 37.3 Å². The number of hydrogen-bond donors (Lipinski definition) is 1. The van der Waals surface area contributed by atoms with Gasteiger partial charge in [-0.05, 0) is 42.8 Å². The van der Waals surface area contributed by atoms with Crippen molar-refractivity contribution >= 4 is 23.4 Å². The molecule has 1 N–H and O–H groups in total. The van der Waals surface area contributed by atoms with E-state index in [2.05, 4.69) is 0 Å². The van der Waals surface area contributed by atoms with Crippen LogP contribution in [0, 0.1) is 0 Å². The summed E-state index contributed by atoms with van der Waals surface area (Å²) >= 11 is 0. The zero-order valence-corrected chi connectivity index (χ0v) is 17.0. The van der Waals surface area contributed by atoms with Crippen molar-refractivity contribution in [3.05, 3.63) is 59.7 Å². The Morgan fingerprint density at radius 2 is 2.00 bits per heavy atom. The molecule has 0 aromatic heterocycles. The molecule has 0 radical (unpaired) electrons. The van der Waals surface area contributed by atoms with Crippen LogP contribution in [0.15, 0.2) is 53.5 Å². The zero-order valence-electron chi connectivity index (χ0n) is 17.0. The molecule has 2 atom stereocenters. The second kappa shape index (κ2) is 7.91. The molecule has 0 unspecified atom stereocenters. The smallest absolute Gasteiger partial charge is 0.266 e. The van der Waals surface area contributed by atoms with Crippen LogP contribution in [0.25, 0.3) is 0 Å². The molecule has 0 aliphatic carbocycles. The molecule has 2 heterocycles. The van der Waals surface area contributed by atoms with Gasteiger partial charge in [0.15, 0.2) is 5.54 Å². The predicted molar refractivity (Wildman–Crippen MR) is 112 cm³/mol. The molecule has 0 saturated carbocycles. The molecule has 2 aliphatic rings. The van der Waals surface area contributed by atoms with Crippen molar-refractivity contribution in [2.75, 3.05) is 18.1 Å². The third-order valence-electron chi connectivity index (χ3n) is 5.52. The molecule has 7 nitrogen and oxygen atoms in total. The summed E-state index contributed by atoms with van der Waals surface area (Å²) in [5.74, 6) is 0.353. The molecule has 2 aromatic carbocycles. The van der Waals surface area contributed by atoms with E-state index in [9.17, 15) is 9.59 Å². The highest BCUT2D eigenvalue weighted by molar-refractivity contribution is 6.20. The number of para-hydroxylation sites is 1. The fourth-order valence-electron chi connectivity index (χ4n) is 3.91. The van der Waals surface area contributed by atoms with Crippen LogP contribution in [-0.2, 0) is 20.7 Å². The van der Waals surface area contributed by atoms with E-state index in [0.29, 0.717) is 36.8 Å². The second-order valence-corrected chi connectivity index (χ2v) is 7.52. The Labute approximate surface area is 174 Å². The minimum absolute atomic E-state index is 0.0805. The number of carbonyl (C=O) groups excluding carboxylic acids is 2. The molecular formula is C23H24N2O5. The Bertz CT molecular complexity index is 1000. The molecule has 156 valence electrons. The lowest BCUT2D eigenvalue weighted by Crippen LogP contribution is -2.58. The monoisotopic (exact) mass is 408 g/mol. The van der Waals surface area contributed by atoms with Gasteiger partial charge in [0.25, 0.3) is 5.91 Å². The van der Waals surface area contributed by atoms with Crippen molar-refractivity contribution in [3.8, 4) is 5.75 Å². The van der Waals surface area contributed by atoms with Crippen molar-refractivity contribution in [1.29, 1.82) is 0 Å². The summed E-state index contributed by atoms with van der Waals surface area (Å²) in [7, 11) is 0. The number of amides is 2. The zero-order chi connectivity index (χ0) is 21.3. The van der Waals surface area contributed by atoms with Gasteiger partial charge in [-0.25, -0.2) is 9.89 Å². The van der Waals surface area contributed by atoms with Gasteiger partial charge >= 0.3 is 0 Å². The number of rotatable bonds is 5. The van der Waals surface area contributed by atoms with Gasteiger partial charge in [-0.2, -0.15) is 0 Å². The third-order valence-corrected chi connectivity index (χ3v) is 5.52. The SMILES string of the molecule is CC(=O)N1C(=O)[C@@]2(Cc3ccccc31)N=C(c1ccc(OCCCO)cc1)O[C@H]2C. The fraction of sp³-hybridized carbons (Fsp3) is 0.348. The fourth-order valence-corrected chi connectivity index (χ4v) is 3.91. The normalized spacial score (nSPS) is 22.5. The highest BCUT2D eigenvalue weighted by atomic mass is 16.5. The Kier molecular flexibility index (Phi) is 5.30. The van der Waals surface area contributed by atoms with Crippen LogP contribution < -0.4 is 9.64 Å². The van der Waals surface area contributed by atoms with Crippen LogP contribution in [0.1, 0.15) is 31.4 Å². The van der Waals surface area contributed by atoms with Crippen molar-refractivity contribution in [2.24, 2.45) is 4.99 Å². The predicted octanol–water partition coefficient (Wildman–Crippen LogP) is 2.49. The number of hydrogen-bond acceptors (Lipinski definition) is 6. The van der Waals surface area contributed by atoms with E-state index in [1.165, 1.54) is 11.8 Å². The lowest BCUT2D eigenvalue weighted by molar-refractivity contribution is -0.130. The average Bonchev–Trinajstić information content (AvgIpc) is 3.06. The molecule has 4 rings (SSSR count). The Morgan fingerprint density at radius 3 is 2.70 bits per heavy atom. The number of ether oxygens (including phenoxy) is 2. The molecule has 1 spiro atoms. The largest absolute Gasteiger partial charge is 0.494 e. The van der Waals surface area contributed by atoms with E-state index in [4.69, 9.17) is 19.6 Å². The molecule has 2 aliphatic heterocycles. The summed E-state index contributed by atoms with van der Waals surface area (Å²) in [5.41, 5.74) is 1.06. The van der Waals surface area contributed by atoms with Crippen LogP contribution >= 0.6 is 0 Å². The van der Waals surface area contributed by atoms with Crippen LogP contribution in [0.3, 0.4) is 0 Å². The summed E-state index contributed by atoms with van der Waals surface area (Å²) in [6, 6.07) is 14.6. The minimum Gasteiger partial charge on any atom is -0.494 e. The van der Waals surface area contributed by atoms with Crippen molar-refractivity contribution in [3.63, 3.8) is 0 Å². The van der Waals surface area contributed by atoms with Gasteiger partial charge in [-0.15, -0.1) is 0 Å². The molecule has 2 aromatic rings. The Hall–Kier alpha value is -3.19. The number of aliphatic imine (C=N–C) groups is 1. The molecule has 0 bridgehead atoms. The third kappa shape index (κ3) is 3.35. The quantitative estimate of drug-likeness (QED) is 0.768. The number of nitrogens with zero attached hydrogens (tertiary/aromatic N) is 2. The molecule has 30 heavy (non-hydrogen) atoms. The minimum atomic E-state index is -1.17. The van der Waals surface area contributed by atoms with Gasteiger partial charge in [-0.3, -0.25) is 9.59 Å². The Morgan fingerprint density at radius 1 is 1.27 bits per heavy atom. The maximum Gasteiger partial charge on any atom is 0.266 e. The number of fused-ring (bicyclic) bond motifs is 1. The van der Waals surface area contributed by atoms with Crippen LogP contribution in [0.4, 0.5) is 5.69 Å². The van der Waals surface area contributed by atoms with E-state index in [1.54, 1.807) is 18.2 Å². The first-order valence-corrected chi connectivity index (χ1v) is 10.00. The lowest BCUT2D eigenvalue weighted by atomic mass is 9.81. The number of imide groups is 1. The molecule has 0 saturated heterocycles. The summed E-state index contributed by atoms with van der Waals surface area (Å²) in [6.45, 7) is 3.71. The van der Waals surface area contributed by atoms with E-state index >= 15 is 0 Å². The van der Waals surface area contributed by atoms with Crippen LogP contribution in [-0.4, -0.2) is 47.7 Å². The molecule has 2 amide bonds. The first-order chi connectivity index (χ1) is 14.5. The number of aliphatic hydroxyl groups excluding tert-OH is 1. The number of aliphatic hydroxyl groups is 1.